The summed E-state index contributed by atoms with van der Waals surface area (Å²) in [6.45, 7) is 6.68. The molecule has 0 spiro atoms. The molecule has 0 heterocycles. The second-order valence-corrected chi connectivity index (χ2v) is 5.45. The second-order valence-electron chi connectivity index (χ2n) is 5.45. The van der Waals surface area contributed by atoms with Gasteiger partial charge in [-0.3, -0.25) is 0 Å². The Morgan fingerprint density at radius 1 is 0.944 bits per heavy atom. The molecular weight excluding hydrogens is 233 g/mol. The van der Waals surface area contributed by atoms with Crippen LogP contribution in [0.1, 0.15) is 38.8 Å². The third-order valence-corrected chi connectivity index (χ3v) is 2.86. The maximum atomic E-state index is 14.3. The lowest BCUT2D eigenvalue weighted by atomic mass is 9.84. The Kier molecular flexibility index (Phi) is 3.91. The number of nitrogens with two attached hydrogens (primary N) is 1. The van der Waals surface area contributed by atoms with Crippen molar-refractivity contribution >= 4 is 0 Å². The molecule has 0 fully saturated rings. The highest BCUT2D eigenvalue weighted by atomic mass is 19.1. The van der Waals surface area contributed by atoms with E-state index in [0.29, 0.717) is 22.6 Å². The molecule has 0 saturated carbocycles. The SMILES string of the molecule is COc1cc(C(C)(C)N)c(C(C)(C)F)cc1OC. The fourth-order valence-corrected chi connectivity index (χ4v) is 1.90. The van der Waals surface area contributed by atoms with E-state index in [1.165, 1.54) is 21.0 Å². The summed E-state index contributed by atoms with van der Waals surface area (Å²) >= 11 is 0. The van der Waals surface area contributed by atoms with Crippen molar-refractivity contribution in [2.45, 2.75) is 38.9 Å². The van der Waals surface area contributed by atoms with Crippen LogP contribution in [0.2, 0.25) is 0 Å². The van der Waals surface area contributed by atoms with Crippen LogP contribution in [-0.4, -0.2) is 14.2 Å². The molecule has 1 rings (SSSR count). The summed E-state index contributed by atoms with van der Waals surface area (Å²) in [6, 6.07) is 3.40. The van der Waals surface area contributed by atoms with E-state index in [-0.39, 0.29) is 0 Å². The maximum Gasteiger partial charge on any atom is 0.161 e. The standard InChI is InChI=1S/C14H22FNO2/c1-13(2,15)9-7-11(17-5)12(18-6)8-10(9)14(3,4)16/h7-8H,16H2,1-6H3. The molecule has 4 heteroatoms. The first-order valence-corrected chi connectivity index (χ1v) is 5.86. The molecule has 3 nitrogen and oxygen atoms in total. The lowest BCUT2D eigenvalue weighted by Crippen LogP contribution is -2.32. The van der Waals surface area contributed by atoms with Gasteiger partial charge in [0, 0.05) is 5.54 Å². The zero-order valence-corrected chi connectivity index (χ0v) is 11.9. The van der Waals surface area contributed by atoms with Crippen molar-refractivity contribution in [2.75, 3.05) is 14.2 Å². The minimum Gasteiger partial charge on any atom is -0.493 e. The molecule has 0 aliphatic carbocycles. The Balaban J connectivity index is 3.57. The van der Waals surface area contributed by atoms with Crippen LogP contribution in [0.5, 0.6) is 11.5 Å². The van der Waals surface area contributed by atoms with Gasteiger partial charge >= 0.3 is 0 Å². The largest absolute Gasteiger partial charge is 0.493 e. The monoisotopic (exact) mass is 255 g/mol. The Bertz CT molecular complexity index is 390. The van der Waals surface area contributed by atoms with E-state index in [0.717, 1.165) is 0 Å². The smallest absolute Gasteiger partial charge is 0.161 e. The molecule has 0 saturated heterocycles. The van der Waals surface area contributed by atoms with Gasteiger partial charge in [0.2, 0.25) is 0 Å². The van der Waals surface area contributed by atoms with Gasteiger partial charge in [0.25, 0.3) is 0 Å². The number of alkyl halides is 1. The van der Waals surface area contributed by atoms with E-state index in [2.05, 4.69) is 0 Å². The summed E-state index contributed by atoms with van der Waals surface area (Å²) in [5.74, 6) is 1.06. The zero-order chi connectivity index (χ0) is 14.1. The van der Waals surface area contributed by atoms with Crippen LogP contribution in [0.15, 0.2) is 12.1 Å². The molecule has 1 aromatic carbocycles. The average molecular weight is 255 g/mol. The maximum absolute atomic E-state index is 14.3. The van der Waals surface area contributed by atoms with Gasteiger partial charge in [0.1, 0.15) is 5.67 Å². The van der Waals surface area contributed by atoms with E-state index in [1.807, 2.05) is 13.8 Å². The van der Waals surface area contributed by atoms with Crippen LogP contribution >= 0.6 is 0 Å². The lowest BCUT2D eigenvalue weighted by Gasteiger charge is -2.28. The van der Waals surface area contributed by atoms with Gasteiger partial charge in [-0.25, -0.2) is 4.39 Å². The van der Waals surface area contributed by atoms with Gasteiger partial charge in [-0.1, -0.05) is 0 Å². The molecule has 0 aliphatic rings. The van der Waals surface area contributed by atoms with E-state index < -0.39 is 11.2 Å². The third-order valence-electron chi connectivity index (χ3n) is 2.86. The van der Waals surface area contributed by atoms with Gasteiger partial charge in [-0.15, -0.1) is 0 Å². The Morgan fingerprint density at radius 2 is 1.33 bits per heavy atom. The number of halogens is 1. The minimum absolute atomic E-state index is 0.506. The molecule has 0 aliphatic heterocycles. The molecule has 0 bridgehead atoms. The molecule has 0 unspecified atom stereocenters. The van der Waals surface area contributed by atoms with Gasteiger partial charge < -0.3 is 15.2 Å². The van der Waals surface area contributed by atoms with Crippen molar-refractivity contribution in [2.24, 2.45) is 5.73 Å². The first-order chi connectivity index (χ1) is 8.11. The summed E-state index contributed by atoms with van der Waals surface area (Å²) in [7, 11) is 3.07. The Hall–Kier alpha value is -1.29. The van der Waals surface area contributed by atoms with Gasteiger partial charge in [-0.05, 0) is 51.0 Å². The number of hydrogen-bond donors (Lipinski definition) is 1. The highest BCUT2D eigenvalue weighted by Crippen LogP contribution is 2.40. The molecule has 0 aromatic heterocycles. The minimum atomic E-state index is -1.49. The summed E-state index contributed by atoms with van der Waals surface area (Å²) < 4.78 is 24.8. The van der Waals surface area contributed by atoms with Crippen molar-refractivity contribution < 1.29 is 13.9 Å². The number of rotatable bonds is 4. The summed E-state index contributed by atoms with van der Waals surface area (Å²) in [5, 5.41) is 0. The van der Waals surface area contributed by atoms with E-state index >= 15 is 0 Å². The van der Waals surface area contributed by atoms with Crippen LogP contribution in [-0.2, 0) is 11.2 Å². The Labute approximate surface area is 108 Å². The normalized spacial score (nSPS) is 12.4. The molecule has 0 amide bonds. The molecule has 102 valence electrons. The first kappa shape index (κ1) is 14.8. The zero-order valence-electron chi connectivity index (χ0n) is 11.9. The van der Waals surface area contributed by atoms with Gasteiger partial charge in [0.05, 0.1) is 14.2 Å². The highest BCUT2D eigenvalue weighted by molar-refractivity contribution is 5.51. The van der Waals surface area contributed by atoms with Crippen LogP contribution in [0.25, 0.3) is 0 Å². The van der Waals surface area contributed by atoms with Crippen LogP contribution in [0.4, 0.5) is 4.39 Å². The molecule has 1 aromatic rings. The summed E-state index contributed by atoms with van der Waals surface area (Å²) in [6.07, 6.45) is 0. The lowest BCUT2D eigenvalue weighted by molar-refractivity contribution is 0.215. The summed E-state index contributed by atoms with van der Waals surface area (Å²) in [4.78, 5) is 0. The molecule has 2 N–H and O–H groups in total. The van der Waals surface area contributed by atoms with Crippen molar-refractivity contribution in [3.63, 3.8) is 0 Å². The van der Waals surface area contributed by atoms with Gasteiger partial charge in [0.15, 0.2) is 11.5 Å². The number of methoxy groups -OCH3 is 2. The predicted molar refractivity (Wildman–Crippen MR) is 70.9 cm³/mol. The molecular formula is C14H22FNO2. The highest BCUT2D eigenvalue weighted by Gasteiger charge is 2.30. The summed E-state index contributed by atoms with van der Waals surface area (Å²) in [5.41, 5.74) is 5.19. The second kappa shape index (κ2) is 4.76. The Morgan fingerprint density at radius 3 is 1.61 bits per heavy atom. The van der Waals surface area contributed by atoms with Crippen LogP contribution in [0.3, 0.4) is 0 Å². The quantitative estimate of drug-likeness (QED) is 0.899. The molecule has 18 heavy (non-hydrogen) atoms. The topological polar surface area (TPSA) is 44.5 Å². The number of ether oxygens (including phenoxy) is 2. The fraction of sp³-hybridized carbons (Fsp3) is 0.571. The van der Waals surface area contributed by atoms with E-state index in [4.69, 9.17) is 15.2 Å². The third kappa shape index (κ3) is 2.93. The first-order valence-electron chi connectivity index (χ1n) is 5.86. The van der Waals surface area contributed by atoms with Gasteiger partial charge in [-0.2, -0.15) is 0 Å². The van der Waals surface area contributed by atoms with E-state index in [1.54, 1.807) is 19.2 Å². The van der Waals surface area contributed by atoms with Crippen molar-refractivity contribution in [3.8, 4) is 11.5 Å². The number of benzene rings is 1. The van der Waals surface area contributed by atoms with Crippen molar-refractivity contribution in [1.29, 1.82) is 0 Å². The fourth-order valence-electron chi connectivity index (χ4n) is 1.90. The van der Waals surface area contributed by atoms with E-state index in [9.17, 15) is 4.39 Å². The average Bonchev–Trinajstić information content (AvgIpc) is 2.24. The molecule has 0 atom stereocenters. The van der Waals surface area contributed by atoms with Crippen molar-refractivity contribution in [3.05, 3.63) is 23.3 Å². The molecule has 0 radical (unpaired) electrons. The van der Waals surface area contributed by atoms with Crippen LogP contribution in [0, 0.1) is 0 Å². The number of hydrogen-bond acceptors (Lipinski definition) is 3. The van der Waals surface area contributed by atoms with Crippen LogP contribution < -0.4 is 15.2 Å². The van der Waals surface area contributed by atoms with Crippen molar-refractivity contribution in [1.82, 2.24) is 0 Å². The predicted octanol–water partition coefficient (Wildman–Crippen LogP) is 3.10.